The molecule has 32 heavy (non-hydrogen) atoms. The summed E-state index contributed by atoms with van der Waals surface area (Å²) in [6, 6.07) is 7.41. The number of anilines is 1. The highest BCUT2D eigenvalue weighted by Crippen LogP contribution is 2.51. The van der Waals surface area contributed by atoms with E-state index in [0.717, 1.165) is 54.0 Å². The van der Waals surface area contributed by atoms with Gasteiger partial charge in [0.15, 0.2) is 0 Å². The molecule has 1 atom stereocenters. The summed E-state index contributed by atoms with van der Waals surface area (Å²) in [5.41, 5.74) is 2.91. The number of carboxylic acid groups (broad SMARTS) is 1. The number of nitrogens with zero attached hydrogens (tertiary/aromatic N) is 5. The third kappa shape index (κ3) is 3.42. The molecule has 3 heterocycles. The van der Waals surface area contributed by atoms with E-state index in [4.69, 9.17) is 28.2 Å². The van der Waals surface area contributed by atoms with Gasteiger partial charge in [-0.15, -0.1) is 5.10 Å². The van der Waals surface area contributed by atoms with Crippen LogP contribution in [0.5, 0.6) is 0 Å². The summed E-state index contributed by atoms with van der Waals surface area (Å²) in [5, 5.41) is 19.3. The number of benzene rings is 1. The summed E-state index contributed by atoms with van der Waals surface area (Å²) in [7, 11) is 0. The number of rotatable bonds is 5. The maximum atomic E-state index is 11.4. The van der Waals surface area contributed by atoms with Gasteiger partial charge in [0.05, 0.1) is 22.7 Å². The van der Waals surface area contributed by atoms with Crippen molar-refractivity contribution in [3.8, 4) is 0 Å². The highest BCUT2D eigenvalue weighted by Gasteiger charge is 2.51. The van der Waals surface area contributed by atoms with E-state index in [2.05, 4.69) is 15.2 Å². The summed E-state index contributed by atoms with van der Waals surface area (Å²) < 4.78 is 1.88. The lowest BCUT2D eigenvalue weighted by Crippen LogP contribution is -2.56. The van der Waals surface area contributed by atoms with Crippen LogP contribution in [0.3, 0.4) is 0 Å². The van der Waals surface area contributed by atoms with Gasteiger partial charge in [-0.1, -0.05) is 34.5 Å². The Kier molecular flexibility index (Phi) is 5.09. The molecular weight excluding hydrogens is 449 g/mol. The van der Waals surface area contributed by atoms with E-state index in [9.17, 15) is 9.90 Å². The minimum absolute atomic E-state index is 0.118. The van der Waals surface area contributed by atoms with Crippen LogP contribution < -0.4 is 4.90 Å². The Hall–Kier alpha value is -2.38. The van der Waals surface area contributed by atoms with Gasteiger partial charge in [-0.2, -0.15) is 0 Å². The zero-order chi connectivity index (χ0) is 22.8. The molecule has 0 radical (unpaired) electrons. The summed E-state index contributed by atoms with van der Waals surface area (Å²) in [6.07, 6.45) is 1.53. The Bertz CT molecular complexity index is 1210. The zero-order valence-corrected chi connectivity index (χ0v) is 19.7. The van der Waals surface area contributed by atoms with Crippen molar-refractivity contribution in [1.29, 1.82) is 0 Å². The van der Waals surface area contributed by atoms with E-state index >= 15 is 0 Å². The zero-order valence-electron chi connectivity index (χ0n) is 18.2. The average Bonchev–Trinajstić information content (AvgIpc) is 3.09. The van der Waals surface area contributed by atoms with E-state index in [1.165, 1.54) is 0 Å². The largest absolute Gasteiger partial charge is 0.481 e. The minimum Gasteiger partial charge on any atom is -0.481 e. The van der Waals surface area contributed by atoms with Crippen molar-refractivity contribution in [3.63, 3.8) is 0 Å². The standard InChI is InChI=1S/C23H25Cl2N5O2/c1-12-21-19(30(28-27-21)13(2)17-5-4-16(24)6-18(17)25)7-20(26-12)29-10-15(11-29)14-8-23(3,9-14)22(31)32/h4-7,13-15H,8-11H2,1-3H3,(H,31,32)/t13-,14?,23?/m1/s1. The summed E-state index contributed by atoms with van der Waals surface area (Å²) in [5.74, 6) is 1.24. The average molecular weight is 474 g/mol. The first-order valence-corrected chi connectivity index (χ1v) is 11.6. The molecule has 0 bridgehead atoms. The number of pyridine rings is 1. The number of aryl methyl sites for hydroxylation is 1. The van der Waals surface area contributed by atoms with E-state index < -0.39 is 11.4 Å². The smallest absolute Gasteiger partial charge is 0.309 e. The summed E-state index contributed by atoms with van der Waals surface area (Å²) >= 11 is 12.5. The Morgan fingerprint density at radius 2 is 1.94 bits per heavy atom. The quantitative estimate of drug-likeness (QED) is 0.561. The normalized spacial score (nSPS) is 24.3. The Morgan fingerprint density at radius 1 is 1.22 bits per heavy atom. The molecular formula is C23H25Cl2N5O2. The van der Waals surface area contributed by atoms with Crippen LogP contribution >= 0.6 is 23.2 Å². The van der Waals surface area contributed by atoms with Gasteiger partial charge in [0.1, 0.15) is 11.3 Å². The van der Waals surface area contributed by atoms with Crippen LogP contribution in [0.1, 0.15) is 44.0 Å². The van der Waals surface area contributed by atoms with Crippen LogP contribution in [0.15, 0.2) is 24.3 Å². The second-order valence-corrected chi connectivity index (χ2v) is 10.4. The minimum atomic E-state index is -0.677. The molecule has 1 saturated heterocycles. The molecule has 0 spiro atoms. The molecule has 2 aliphatic rings. The number of fused-ring (bicyclic) bond motifs is 1. The van der Waals surface area contributed by atoms with Crippen molar-refractivity contribution in [2.75, 3.05) is 18.0 Å². The Labute approximate surface area is 196 Å². The fraction of sp³-hybridized carbons (Fsp3) is 0.478. The van der Waals surface area contributed by atoms with Gasteiger partial charge in [-0.3, -0.25) is 4.79 Å². The van der Waals surface area contributed by atoms with Crippen molar-refractivity contribution < 1.29 is 9.90 Å². The molecule has 168 valence electrons. The number of aromatic nitrogens is 4. The molecule has 5 rings (SSSR count). The van der Waals surface area contributed by atoms with Gasteiger partial charge < -0.3 is 10.0 Å². The highest BCUT2D eigenvalue weighted by atomic mass is 35.5. The number of carboxylic acids is 1. The van der Waals surface area contributed by atoms with Crippen molar-refractivity contribution in [1.82, 2.24) is 20.0 Å². The fourth-order valence-electron chi connectivity index (χ4n) is 5.10. The fourth-order valence-corrected chi connectivity index (χ4v) is 5.66. The van der Waals surface area contributed by atoms with Crippen molar-refractivity contribution >= 4 is 46.0 Å². The second-order valence-electron chi connectivity index (χ2n) is 9.51. The predicted octanol–water partition coefficient (Wildman–Crippen LogP) is 4.99. The molecule has 0 unspecified atom stereocenters. The lowest BCUT2D eigenvalue weighted by molar-refractivity contribution is -0.158. The van der Waals surface area contributed by atoms with Crippen molar-refractivity contribution in [3.05, 3.63) is 45.6 Å². The van der Waals surface area contributed by atoms with Gasteiger partial charge in [0.2, 0.25) is 0 Å². The van der Waals surface area contributed by atoms with Gasteiger partial charge in [0, 0.05) is 29.2 Å². The summed E-state index contributed by atoms with van der Waals surface area (Å²) in [4.78, 5) is 18.4. The molecule has 7 nitrogen and oxygen atoms in total. The monoisotopic (exact) mass is 473 g/mol. The van der Waals surface area contributed by atoms with E-state index in [1.807, 2.05) is 43.7 Å². The predicted molar refractivity (Wildman–Crippen MR) is 125 cm³/mol. The molecule has 0 amide bonds. The number of aliphatic carboxylic acids is 1. The first-order chi connectivity index (χ1) is 15.2. The van der Waals surface area contributed by atoms with E-state index in [0.29, 0.717) is 21.9 Å². The Balaban J connectivity index is 1.37. The SMILES string of the molecule is Cc1nc(N2CC(C3CC(C)(C(=O)O)C3)C2)cc2c1nnn2[C@H](C)c1ccc(Cl)cc1Cl. The van der Waals surface area contributed by atoms with Crippen molar-refractivity contribution in [2.45, 2.75) is 39.7 Å². The number of halogens is 2. The van der Waals surface area contributed by atoms with Crippen molar-refractivity contribution in [2.24, 2.45) is 17.3 Å². The first-order valence-electron chi connectivity index (χ1n) is 10.8. The molecule has 9 heteroatoms. The lowest BCUT2D eigenvalue weighted by Gasteiger charge is -2.52. The van der Waals surface area contributed by atoms with Crippen LogP contribution in [0.2, 0.25) is 10.0 Å². The van der Waals surface area contributed by atoms with Gasteiger partial charge in [0.25, 0.3) is 0 Å². The first kappa shape index (κ1) is 21.5. The molecule has 3 aromatic rings. The number of carbonyl (C=O) groups is 1. The molecule has 1 aliphatic heterocycles. The van der Waals surface area contributed by atoms with Gasteiger partial charge in [-0.25, -0.2) is 9.67 Å². The highest BCUT2D eigenvalue weighted by molar-refractivity contribution is 6.35. The van der Waals surface area contributed by atoms with Gasteiger partial charge in [-0.05, 0) is 63.1 Å². The molecule has 2 fully saturated rings. The molecule has 1 aliphatic carbocycles. The lowest BCUT2D eigenvalue weighted by atomic mass is 9.58. The number of hydrogen-bond acceptors (Lipinski definition) is 5. The van der Waals surface area contributed by atoms with E-state index in [-0.39, 0.29) is 6.04 Å². The number of hydrogen-bond donors (Lipinski definition) is 1. The molecule has 2 aromatic heterocycles. The Morgan fingerprint density at radius 3 is 2.59 bits per heavy atom. The van der Waals surface area contributed by atoms with Crippen LogP contribution in [-0.2, 0) is 4.79 Å². The molecule has 1 saturated carbocycles. The summed E-state index contributed by atoms with van der Waals surface area (Å²) in [6.45, 7) is 7.64. The van der Waals surface area contributed by atoms with Crippen LogP contribution in [0.4, 0.5) is 5.82 Å². The maximum absolute atomic E-state index is 11.4. The van der Waals surface area contributed by atoms with Crippen LogP contribution in [-0.4, -0.2) is 44.1 Å². The van der Waals surface area contributed by atoms with Gasteiger partial charge >= 0.3 is 5.97 Å². The second kappa shape index (κ2) is 7.59. The molecule has 1 N–H and O–H groups in total. The maximum Gasteiger partial charge on any atom is 0.309 e. The third-order valence-electron chi connectivity index (χ3n) is 7.24. The van der Waals surface area contributed by atoms with E-state index in [1.54, 1.807) is 6.07 Å². The topological polar surface area (TPSA) is 84.1 Å². The third-order valence-corrected chi connectivity index (χ3v) is 7.81. The van der Waals surface area contributed by atoms with Crippen LogP contribution in [0.25, 0.3) is 11.0 Å². The molecule has 1 aromatic carbocycles. The van der Waals surface area contributed by atoms with Crippen LogP contribution in [0, 0.1) is 24.2 Å².